The van der Waals surface area contributed by atoms with Crippen LogP contribution in [0.25, 0.3) is 6.08 Å². The van der Waals surface area contributed by atoms with E-state index in [-0.39, 0.29) is 5.91 Å². The van der Waals surface area contributed by atoms with Crippen molar-refractivity contribution in [2.24, 2.45) is 0 Å². The third-order valence-corrected chi connectivity index (χ3v) is 5.90. The zero-order valence-corrected chi connectivity index (χ0v) is 16.5. The van der Waals surface area contributed by atoms with Crippen LogP contribution in [-0.4, -0.2) is 60.0 Å². The molecule has 2 saturated heterocycles. The van der Waals surface area contributed by atoms with Gasteiger partial charge in [0.25, 0.3) is 0 Å². The van der Waals surface area contributed by atoms with Crippen molar-refractivity contribution in [2.75, 3.05) is 49.1 Å². The van der Waals surface area contributed by atoms with Crippen LogP contribution in [0.2, 0.25) is 0 Å². The first-order chi connectivity index (χ1) is 13.2. The molecule has 2 aliphatic rings. The minimum absolute atomic E-state index is 0.0750. The molecule has 0 aromatic carbocycles. The number of aromatic nitrogens is 2. The molecule has 0 saturated carbocycles. The number of anilines is 2. The van der Waals surface area contributed by atoms with Crippen LogP contribution < -0.4 is 9.80 Å². The van der Waals surface area contributed by atoms with Gasteiger partial charge in [0.2, 0.25) is 11.9 Å². The first-order valence-corrected chi connectivity index (χ1v) is 10.4. The summed E-state index contributed by atoms with van der Waals surface area (Å²) >= 11 is 1.64. The lowest BCUT2D eigenvalue weighted by molar-refractivity contribution is -0.126. The summed E-state index contributed by atoms with van der Waals surface area (Å²) in [7, 11) is 0. The first-order valence-electron chi connectivity index (χ1n) is 9.55. The Kier molecular flexibility index (Phi) is 5.38. The lowest BCUT2D eigenvalue weighted by Gasteiger charge is -2.34. The minimum atomic E-state index is 0.0750. The fourth-order valence-electron chi connectivity index (χ4n) is 3.56. The molecule has 27 heavy (non-hydrogen) atoms. The second-order valence-electron chi connectivity index (χ2n) is 7.02. The van der Waals surface area contributed by atoms with Gasteiger partial charge in [-0.25, -0.2) is 4.98 Å². The summed E-state index contributed by atoms with van der Waals surface area (Å²) in [6, 6.07) is 6.08. The van der Waals surface area contributed by atoms with Gasteiger partial charge in [-0.2, -0.15) is 4.98 Å². The second kappa shape index (κ2) is 8.08. The highest BCUT2D eigenvalue weighted by Gasteiger charge is 2.23. The van der Waals surface area contributed by atoms with E-state index in [1.807, 2.05) is 35.4 Å². The number of amides is 1. The van der Waals surface area contributed by atoms with E-state index in [1.54, 1.807) is 17.4 Å². The Morgan fingerprint density at radius 3 is 2.56 bits per heavy atom. The maximum atomic E-state index is 12.4. The van der Waals surface area contributed by atoms with Gasteiger partial charge in [-0.3, -0.25) is 4.79 Å². The first kappa shape index (κ1) is 18.0. The van der Waals surface area contributed by atoms with Crippen LogP contribution >= 0.6 is 11.3 Å². The highest BCUT2D eigenvalue weighted by Crippen LogP contribution is 2.22. The largest absolute Gasteiger partial charge is 0.356 e. The Bertz CT molecular complexity index is 806. The van der Waals surface area contributed by atoms with Crippen LogP contribution in [0.15, 0.2) is 29.7 Å². The van der Waals surface area contributed by atoms with Crippen LogP contribution in [0.4, 0.5) is 11.8 Å². The number of thiophene rings is 1. The normalized spacial score (nSPS) is 17.9. The average molecular weight is 384 g/mol. The molecule has 2 aromatic heterocycles. The molecule has 2 fully saturated rings. The lowest BCUT2D eigenvalue weighted by Crippen LogP contribution is -2.49. The maximum Gasteiger partial charge on any atom is 0.246 e. The van der Waals surface area contributed by atoms with Crippen molar-refractivity contribution >= 4 is 35.1 Å². The van der Waals surface area contributed by atoms with Gasteiger partial charge in [0.15, 0.2) is 0 Å². The molecule has 0 spiro atoms. The van der Waals surface area contributed by atoms with Crippen molar-refractivity contribution in [1.82, 2.24) is 14.9 Å². The summed E-state index contributed by atoms with van der Waals surface area (Å²) in [6.07, 6.45) is 6.04. The fraction of sp³-hybridized carbons (Fsp3) is 0.450. The Morgan fingerprint density at radius 1 is 1.07 bits per heavy atom. The summed E-state index contributed by atoms with van der Waals surface area (Å²) < 4.78 is 0. The summed E-state index contributed by atoms with van der Waals surface area (Å²) in [6.45, 7) is 7.11. The van der Waals surface area contributed by atoms with E-state index in [9.17, 15) is 4.79 Å². The zero-order chi connectivity index (χ0) is 18.6. The predicted molar refractivity (Wildman–Crippen MR) is 110 cm³/mol. The van der Waals surface area contributed by atoms with Gasteiger partial charge in [0.1, 0.15) is 5.82 Å². The van der Waals surface area contributed by atoms with Crippen molar-refractivity contribution in [3.63, 3.8) is 0 Å². The second-order valence-corrected chi connectivity index (χ2v) is 8.00. The molecular weight excluding hydrogens is 358 g/mol. The number of nitrogens with zero attached hydrogens (tertiary/aromatic N) is 5. The lowest BCUT2D eigenvalue weighted by atomic mass is 10.3. The summed E-state index contributed by atoms with van der Waals surface area (Å²) in [4.78, 5) is 29.4. The number of aryl methyl sites for hydroxylation is 1. The molecule has 0 bridgehead atoms. The fourth-order valence-corrected chi connectivity index (χ4v) is 4.18. The van der Waals surface area contributed by atoms with E-state index in [4.69, 9.17) is 4.98 Å². The molecule has 6 nitrogen and oxygen atoms in total. The monoisotopic (exact) mass is 383 g/mol. The molecule has 2 aliphatic heterocycles. The van der Waals surface area contributed by atoms with Crippen molar-refractivity contribution in [3.05, 3.63) is 40.2 Å². The Morgan fingerprint density at radius 2 is 1.85 bits per heavy atom. The maximum absolute atomic E-state index is 12.4. The SMILES string of the molecule is Cc1cc(N2CCCC2)nc(N2CCN(C(=O)/C=C/c3cccs3)CC2)n1. The molecule has 0 radical (unpaired) electrons. The number of rotatable bonds is 4. The molecule has 142 valence electrons. The number of hydrogen-bond acceptors (Lipinski definition) is 6. The van der Waals surface area contributed by atoms with E-state index in [0.29, 0.717) is 13.1 Å². The highest BCUT2D eigenvalue weighted by atomic mass is 32.1. The number of carbonyl (C=O) groups excluding carboxylic acids is 1. The Hall–Kier alpha value is -2.41. The highest BCUT2D eigenvalue weighted by molar-refractivity contribution is 7.10. The summed E-state index contributed by atoms with van der Waals surface area (Å²) in [5.74, 6) is 1.90. The van der Waals surface area contributed by atoms with Gasteiger partial charge in [-0.05, 0) is 37.3 Å². The quantitative estimate of drug-likeness (QED) is 0.760. The molecule has 0 unspecified atom stereocenters. The molecule has 4 rings (SSSR count). The smallest absolute Gasteiger partial charge is 0.246 e. The number of carbonyl (C=O) groups is 1. The van der Waals surface area contributed by atoms with Gasteiger partial charge >= 0.3 is 0 Å². The van der Waals surface area contributed by atoms with Crippen molar-refractivity contribution < 1.29 is 4.79 Å². The van der Waals surface area contributed by atoms with Crippen molar-refractivity contribution in [3.8, 4) is 0 Å². The summed E-state index contributed by atoms with van der Waals surface area (Å²) in [5, 5.41) is 2.02. The van der Waals surface area contributed by atoms with Crippen LogP contribution in [-0.2, 0) is 4.79 Å². The van der Waals surface area contributed by atoms with Gasteiger partial charge in [0, 0.05) is 62.0 Å². The standard InChI is InChI=1S/C20H25N5OS/c1-16-15-18(23-8-2-3-9-23)22-20(21-16)25-12-10-24(11-13-25)19(26)7-6-17-5-4-14-27-17/h4-7,14-15H,2-3,8-13H2,1H3/b7-6+. The molecular formula is C20H25N5OS. The number of piperazine rings is 1. The van der Waals surface area contributed by atoms with Crippen LogP contribution in [0.3, 0.4) is 0 Å². The van der Waals surface area contributed by atoms with E-state index in [1.165, 1.54) is 12.8 Å². The van der Waals surface area contributed by atoms with E-state index >= 15 is 0 Å². The predicted octanol–water partition coefficient (Wildman–Crippen LogP) is 2.81. The molecule has 0 N–H and O–H groups in total. The summed E-state index contributed by atoms with van der Waals surface area (Å²) in [5.41, 5.74) is 0.999. The van der Waals surface area contributed by atoms with E-state index < -0.39 is 0 Å². The molecule has 0 atom stereocenters. The molecule has 0 aliphatic carbocycles. The third-order valence-electron chi connectivity index (χ3n) is 5.07. The Labute approximate surface area is 164 Å². The number of hydrogen-bond donors (Lipinski definition) is 0. The molecule has 4 heterocycles. The molecule has 7 heteroatoms. The van der Waals surface area contributed by atoms with Gasteiger partial charge in [-0.1, -0.05) is 6.07 Å². The van der Waals surface area contributed by atoms with Crippen LogP contribution in [0.1, 0.15) is 23.4 Å². The molecule has 2 aromatic rings. The van der Waals surface area contributed by atoms with E-state index in [0.717, 1.165) is 48.5 Å². The zero-order valence-electron chi connectivity index (χ0n) is 15.7. The minimum Gasteiger partial charge on any atom is -0.356 e. The average Bonchev–Trinajstić information content (AvgIpc) is 3.39. The van der Waals surface area contributed by atoms with Gasteiger partial charge < -0.3 is 14.7 Å². The molecule has 1 amide bonds. The van der Waals surface area contributed by atoms with Crippen molar-refractivity contribution in [2.45, 2.75) is 19.8 Å². The third kappa shape index (κ3) is 4.30. The van der Waals surface area contributed by atoms with Gasteiger partial charge in [-0.15, -0.1) is 11.3 Å². The Balaban J connectivity index is 1.38. The van der Waals surface area contributed by atoms with Crippen LogP contribution in [0, 0.1) is 6.92 Å². The van der Waals surface area contributed by atoms with Crippen molar-refractivity contribution in [1.29, 1.82) is 0 Å². The van der Waals surface area contributed by atoms with Crippen LogP contribution in [0.5, 0.6) is 0 Å². The van der Waals surface area contributed by atoms with Gasteiger partial charge in [0.05, 0.1) is 0 Å². The van der Waals surface area contributed by atoms with E-state index in [2.05, 4.69) is 20.9 Å². The topological polar surface area (TPSA) is 52.6 Å².